The van der Waals surface area contributed by atoms with Crippen molar-refractivity contribution in [2.75, 3.05) is 14.2 Å². The lowest BCUT2D eigenvalue weighted by molar-refractivity contribution is 0.355. The van der Waals surface area contributed by atoms with Crippen molar-refractivity contribution in [3.63, 3.8) is 0 Å². The number of hydrogen-bond donors (Lipinski definition) is 1. The largest absolute Gasteiger partial charge is 0.493 e. The highest BCUT2D eigenvalue weighted by molar-refractivity contribution is 5.81. The van der Waals surface area contributed by atoms with E-state index in [4.69, 9.17) is 9.47 Å². The highest BCUT2D eigenvalue weighted by Gasteiger charge is 2.11. The molecule has 0 atom stereocenters. The van der Waals surface area contributed by atoms with Crippen LogP contribution in [-0.2, 0) is 6.42 Å². The van der Waals surface area contributed by atoms with Crippen LogP contribution in [0.4, 0.5) is 0 Å². The standard InChI is InChI=1S/C18H18N2O3/c1-11-4-6-12(7-5-11)8-17-19-14-10-16(23-3)15(22-2)9-13(14)18(21)20-17/h4-7,9-10H,8H2,1-3H3,(H,19,20,21). The van der Waals surface area contributed by atoms with Crippen LogP contribution in [-0.4, -0.2) is 24.2 Å². The van der Waals surface area contributed by atoms with Gasteiger partial charge in [0.2, 0.25) is 0 Å². The summed E-state index contributed by atoms with van der Waals surface area (Å²) in [5, 5.41) is 0.482. The second-order valence-electron chi connectivity index (χ2n) is 5.40. The Morgan fingerprint density at radius 3 is 2.35 bits per heavy atom. The number of methoxy groups -OCH3 is 2. The van der Waals surface area contributed by atoms with Crippen molar-refractivity contribution < 1.29 is 9.47 Å². The van der Waals surface area contributed by atoms with Gasteiger partial charge in [-0.2, -0.15) is 0 Å². The maximum absolute atomic E-state index is 12.3. The van der Waals surface area contributed by atoms with Crippen LogP contribution in [0.5, 0.6) is 11.5 Å². The molecule has 0 saturated carbocycles. The van der Waals surface area contributed by atoms with Gasteiger partial charge in [-0.1, -0.05) is 29.8 Å². The maximum atomic E-state index is 12.3. The van der Waals surface area contributed by atoms with Crippen molar-refractivity contribution in [3.05, 3.63) is 63.7 Å². The van der Waals surface area contributed by atoms with Crippen molar-refractivity contribution in [1.29, 1.82) is 0 Å². The normalized spacial score (nSPS) is 10.7. The summed E-state index contributed by atoms with van der Waals surface area (Å²) in [6.07, 6.45) is 0.569. The zero-order chi connectivity index (χ0) is 16.4. The molecule has 5 heteroatoms. The first-order valence-electron chi connectivity index (χ1n) is 7.31. The average Bonchev–Trinajstić information content (AvgIpc) is 2.56. The van der Waals surface area contributed by atoms with Crippen LogP contribution in [0.2, 0.25) is 0 Å². The fraction of sp³-hybridized carbons (Fsp3) is 0.222. The summed E-state index contributed by atoms with van der Waals surface area (Å²) in [5.41, 5.74) is 2.70. The molecule has 2 aromatic carbocycles. The molecule has 0 aliphatic rings. The number of rotatable bonds is 4. The number of aromatic nitrogens is 2. The fourth-order valence-corrected chi connectivity index (χ4v) is 2.50. The lowest BCUT2D eigenvalue weighted by atomic mass is 10.1. The molecule has 3 aromatic rings. The Hall–Kier alpha value is -2.82. The molecular weight excluding hydrogens is 292 g/mol. The first-order chi connectivity index (χ1) is 11.1. The first-order valence-corrected chi connectivity index (χ1v) is 7.31. The molecule has 1 heterocycles. The van der Waals surface area contributed by atoms with Crippen molar-refractivity contribution >= 4 is 10.9 Å². The van der Waals surface area contributed by atoms with E-state index in [2.05, 4.69) is 9.97 Å². The van der Waals surface area contributed by atoms with E-state index < -0.39 is 0 Å². The van der Waals surface area contributed by atoms with E-state index in [1.54, 1.807) is 19.2 Å². The monoisotopic (exact) mass is 310 g/mol. The molecule has 1 N–H and O–H groups in total. The Kier molecular flexibility index (Phi) is 4.02. The number of H-pyrrole nitrogens is 1. The number of aryl methyl sites for hydroxylation is 1. The Morgan fingerprint density at radius 2 is 1.70 bits per heavy atom. The second-order valence-corrected chi connectivity index (χ2v) is 5.40. The van der Waals surface area contributed by atoms with Gasteiger partial charge in [0.15, 0.2) is 11.5 Å². The van der Waals surface area contributed by atoms with E-state index in [1.165, 1.54) is 12.7 Å². The van der Waals surface area contributed by atoms with E-state index in [1.807, 2.05) is 31.2 Å². The number of hydrogen-bond acceptors (Lipinski definition) is 4. The number of ether oxygens (including phenoxy) is 2. The van der Waals surface area contributed by atoms with Gasteiger partial charge in [0.05, 0.1) is 25.1 Å². The molecule has 0 unspecified atom stereocenters. The summed E-state index contributed by atoms with van der Waals surface area (Å²) in [6.45, 7) is 2.04. The molecule has 0 aliphatic carbocycles. The van der Waals surface area contributed by atoms with Crippen molar-refractivity contribution in [1.82, 2.24) is 9.97 Å². The summed E-state index contributed by atoms with van der Waals surface area (Å²) < 4.78 is 10.5. The molecule has 23 heavy (non-hydrogen) atoms. The summed E-state index contributed by atoms with van der Waals surface area (Å²) in [7, 11) is 3.10. The predicted octanol–water partition coefficient (Wildman–Crippen LogP) is 2.84. The van der Waals surface area contributed by atoms with E-state index in [0.717, 1.165) is 5.56 Å². The maximum Gasteiger partial charge on any atom is 0.258 e. The number of nitrogens with one attached hydrogen (secondary N) is 1. The molecule has 5 nitrogen and oxygen atoms in total. The fourth-order valence-electron chi connectivity index (χ4n) is 2.50. The molecule has 0 aliphatic heterocycles. The molecule has 0 saturated heterocycles. The molecule has 0 amide bonds. The topological polar surface area (TPSA) is 64.2 Å². The lowest BCUT2D eigenvalue weighted by Crippen LogP contribution is -2.12. The van der Waals surface area contributed by atoms with Crippen LogP contribution in [0.25, 0.3) is 10.9 Å². The van der Waals surface area contributed by atoms with Gasteiger partial charge in [-0.15, -0.1) is 0 Å². The van der Waals surface area contributed by atoms with Crippen molar-refractivity contribution in [2.45, 2.75) is 13.3 Å². The van der Waals surface area contributed by atoms with E-state index in [-0.39, 0.29) is 5.56 Å². The third-order valence-electron chi connectivity index (χ3n) is 3.75. The number of nitrogens with zero attached hydrogens (tertiary/aromatic N) is 1. The molecule has 0 bridgehead atoms. The van der Waals surface area contributed by atoms with Gasteiger partial charge in [0, 0.05) is 12.5 Å². The van der Waals surface area contributed by atoms with E-state index >= 15 is 0 Å². The third kappa shape index (κ3) is 3.04. The van der Waals surface area contributed by atoms with Crippen molar-refractivity contribution in [3.8, 4) is 11.5 Å². The highest BCUT2D eigenvalue weighted by Crippen LogP contribution is 2.29. The lowest BCUT2D eigenvalue weighted by Gasteiger charge is -2.09. The Labute approximate surface area is 133 Å². The quantitative estimate of drug-likeness (QED) is 0.805. The average molecular weight is 310 g/mol. The summed E-state index contributed by atoms with van der Waals surface area (Å²) >= 11 is 0. The zero-order valence-corrected chi connectivity index (χ0v) is 13.3. The van der Waals surface area contributed by atoms with Crippen LogP contribution < -0.4 is 15.0 Å². The zero-order valence-electron chi connectivity index (χ0n) is 13.3. The molecule has 1 aromatic heterocycles. The number of fused-ring (bicyclic) bond motifs is 1. The Balaban J connectivity index is 2.06. The van der Waals surface area contributed by atoms with Gasteiger partial charge < -0.3 is 14.5 Å². The highest BCUT2D eigenvalue weighted by atomic mass is 16.5. The van der Waals surface area contributed by atoms with Crippen LogP contribution in [0, 0.1) is 6.92 Å². The summed E-state index contributed by atoms with van der Waals surface area (Å²) in [6, 6.07) is 11.5. The predicted molar refractivity (Wildman–Crippen MR) is 89.5 cm³/mol. The Morgan fingerprint density at radius 1 is 1.04 bits per heavy atom. The van der Waals surface area contributed by atoms with Crippen LogP contribution in [0.3, 0.4) is 0 Å². The SMILES string of the molecule is COc1cc2nc(Cc3ccc(C)cc3)[nH]c(=O)c2cc1OC. The van der Waals surface area contributed by atoms with Crippen LogP contribution >= 0.6 is 0 Å². The van der Waals surface area contributed by atoms with Gasteiger partial charge in [0.25, 0.3) is 5.56 Å². The summed E-state index contributed by atoms with van der Waals surface area (Å²) in [5.74, 6) is 1.69. The first kappa shape index (κ1) is 15.1. The number of aromatic amines is 1. The Bertz CT molecular complexity index is 899. The van der Waals surface area contributed by atoms with Crippen molar-refractivity contribution in [2.24, 2.45) is 0 Å². The van der Waals surface area contributed by atoms with Gasteiger partial charge in [0.1, 0.15) is 5.82 Å². The molecule has 0 spiro atoms. The van der Waals surface area contributed by atoms with Gasteiger partial charge in [-0.05, 0) is 18.6 Å². The third-order valence-corrected chi connectivity index (χ3v) is 3.75. The minimum absolute atomic E-state index is 0.182. The molecule has 3 rings (SSSR count). The number of benzene rings is 2. The second kappa shape index (κ2) is 6.12. The molecule has 118 valence electrons. The molecule has 0 radical (unpaired) electrons. The smallest absolute Gasteiger partial charge is 0.258 e. The summed E-state index contributed by atoms with van der Waals surface area (Å²) in [4.78, 5) is 19.7. The molecule has 0 fully saturated rings. The molecular formula is C18H18N2O3. The minimum Gasteiger partial charge on any atom is -0.493 e. The van der Waals surface area contributed by atoms with Gasteiger partial charge in [-0.3, -0.25) is 4.79 Å². The van der Waals surface area contributed by atoms with Gasteiger partial charge >= 0.3 is 0 Å². The van der Waals surface area contributed by atoms with Crippen LogP contribution in [0.1, 0.15) is 17.0 Å². The van der Waals surface area contributed by atoms with Gasteiger partial charge in [-0.25, -0.2) is 4.98 Å². The minimum atomic E-state index is -0.182. The van der Waals surface area contributed by atoms with Crippen LogP contribution in [0.15, 0.2) is 41.2 Å². The van der Waals surface area contributed by atoms with E-state index in [9.17, 15) is 4.79 Å². The van der Waals surface area contributed by atoms with E-state index in [0.29, 0.717) is 34.6 Å².